The first-order valence-corrected chi connectivity index (χ1v) is 8.73. The molecule has 1 aromatic heterocycles. The van der Waals surface area contributed by atoms with E-state index in [4.69, 9.17) is 14.7 Å². The van der Waals surface area contributed by atoms with Crippen molar-refractivity contribution in [2.24, 2.45) is 4.99 Å². The van der Waals surface area contributed by atoms with Gasteiger partial charge in [-0.05, 0) is 42.5 Å². The molecule has 26 heavy (non-hydrogen) atoms. The topological polar surface area (TPSA) is 76.6 Å². The van der Waals surface area contributed by atoms with Gasteiger partial charge < -0.3 is 14.0 Å². The lowest BCUT2D eigenvalue weighted by atomic mass is 10.1. The number of hydrogen-bond donors (Lipinski definition) is 0. The Morgan fingerprint density at radius 3 is 2.65 bits per heavy atom. The number of nitriles is 1. The smallest absolute Gasteiger partial charge is 0.279 e. The summed E-state index contributed by atoms with van der Waals surface area (Å²) in [5.41, 5.74) is 1.92. The number of amides is 1. The van der Waals surface area contributed by atoms with Crippen LogP contribution in [0.4, 0.5) is 0 Å². The normalized spacial score (nSPS) is 11.5. The van der Waals surface area contributed by atoms with Crippen molar-refractivity contribution in [2.75, 3.05) is 20.8 Å². The minimum absolute atomic E-state index is 0.348. The Kier molecular flexibility index (Phi) is 5.46. The zero-order valence-electron chi connectivity index (χ0n) is 14.4. The van der Waals surface area contributed by atoms with Gasteiger partial charge in [0.1, 0.15) is 5.75 Å². The fraction of sp³-hybridized carbons (Fsp3) is 0.211. The number of rotatable bonds is 5. The number of thiazole rings is 1. The molecule has 0 aliphatic heterocycles. The van der Waals surface area contributed by atoms with Crippen LogP contribution in [-0.2, 0) is 11.3 Å². The molecule has 0 saturated heterocycles. The number of carbonyl (C=O) groups excluding carboxylic acids is 1. The minimum Gasteiger partial charge on any atom is -0.497 e. The predicted octanol–water partition coefficient (Wildman–Crippen LogP) is 2.97. The second-order valence-electron chi connectivity index (χ2n) is 5.47. The number of nitrogens with zero attached hydrogens (tertiary/aromatic N) is 3. The number of fused-ring (bicyclic) bond motifs is 1. The molecule has 0 fully saturated rings. The van der Waals surface area contributed by atoms with Crippen molar-refractivity contribution in [1.82, 2.24) is 4.57 Å². The standard InChI is InChI=1S/C19H17N3O3S/c1-24-10-9-22-16-8-7-15(25-2)11-17(16)26-19(22)21-18(23)14-5-3-13(12-20)4-6-14/h3-8,11H,9-10H2,1-2H3. The molecule has 0 atom stereocenters. The van der Waals surface area contributed by atoms with Crippen molar-refractivity contribution in [2.45, 2.75) is 6.54 Å². The molecule has 1 heterocycles. The maximum atomic E-state index is 12.5. The first-order valence-electron chi connectivity index (χ1n) is 7.92. The monoisotopic (exact) mass is 367 g/mol. The average molecular weight is 367 g/mol. The van der Waals surface area contributed by atoms with Crippen LogP contribution in [0, 0.1) is 11.3 Å². The van der Waals surface area contributed by atoms with E-state index in [1.54, 1.807) is 38.5 Å². The summed E-state index contributed by atoms with van der Waals surface area (Å²) in [5.74, 6) is 0.404. The van der Waals surface area contributed by atoms with E-state index >= 15 is 0 Å². The summed E-state index contributed by atoms with van der Waals surface area (Å²) in [5, 5.41) is 8.86. The predicted molar refractivity (Wildman–Crippen MR) is 99.3 cm³/mol. The molecule has 1 amide bonds. The largest absolute Gasteiger partial charge is 0.497 e. The minimum atomic E-state index is -0.348. The molecule has 0 N–H and O–H groups in total. The van der Waals surface area contributed by atoms with Crippen LogP contribution in [-0.4, -0.2) is 31.3 Å². The summed E-state index contributed by atoms with van der Waals surface area (Å²) in [6.45, 7) is 1.10. The maximum Gasteiger partial charge on any atom is 0.279 e. The summed E-state index contributed by atoms with van der Waals surface area (Å²) < 4.78 is 13.4. The molecule has 0 saturated carbocycles. The molecule has 6 nitrogen and oxygen atoms in total. The molecule has 0 unspecified atom stereocenters. The average Bonchev–Trinajstić information content (AvgIpc) is 3.02. The van der Waals surface area contributed by atoms with Gasteiger partial charge in [-0.1, -0.05) is 11.3 Å². The van der Waals surface area contributed by atoms with Crippen LogP contribution in [0.25, 0.3) is 10.2 Å². The van der Waals surface area contributed by atoms with Crippen molar-refractivity contribution in [3.05, 3.63) is 58.4 Å². The van der Waals surface area contributed by atoms with Gasteiger partial charge in [0, 0.05) is 19.2 Å². The van der Waals surface area contributed by atoms with Gasteiger partial charge in [0.05, 0.1) is 35.6 Å². The van der Waals surface area contributed by atoms with Crippen molar-refractivity contribution >= 4 is 27.5 Å². The lowest BCUT2D eigenvalue weighted by molar-refractivity contribution is 0.0997. The highest BCUT2D eigenvalue weighted by Gasteiger charge is 2.10. The van der Waals surface area contributed by atoms with Gasteiger partial charge in [0.15, 0.2) is 4.80 Å². The second-order valence-corrected chi connectivity index (χ2v) is 6.48. The molecule has 7 heteroatoms. The van der Waals surface area contributed by atoms with Crippen LogP contribution in [0.5, 0.6) is 5.75 Å². The van der Waals surface area contributed by atoms with E-state index in [2.05, 4.69) is 4.99 Å². The molecule has 3 aromatic rings. The van der Waals surface area contributed by atoms with E-state index in [1.807, 2.05) is 28.8 Å². The van der Waals surface area contributed by atoms with Gasteiger partial charge in [0.25, 0.3) is 5.91 Å². The molecule has 0 spiro atoms. The van der Waals surface area contributed by atoms with E-state index in [9.17, 15) is 4.79 Å². The molecule has 3 rings (SSSR count). The van der Waals surface area contributed by atoms with Gasteiger partial charge in [-0.2, -0.15) is 10.3 Å². The van der Waals surface area contributed by atoms with E-state index in [0.29, 0.717) is 29.1 Å². The first-order chi connectivity index (χ1) is 12.7. The highest BCUT2D eigenvalue weighted by Crippen LogP contribution is 2.23. The molecule has 0 radical (unpaired) electrons. The van der Waals surface area contributed by atoms with Gasteiger partial charge in [-0.15, -0.1) is 0 Å². The third kappa shape index (κ3) is 3.67. The Balaban J connectivity index is 2.07. The summed E-state index contributed by atoms with van der Waals surface area (Å²) >= 11 is 1.42. The Bertz CT molecular complexity index is 1040. The van der Waals surface area contributed by atoms with Crippen LogP contribution >= 0.6 is 11.3 Å². The maximum absolute atomic E-state index is 12.5. The molecule has 2 aromatic carbocycles. The lowest BCUT2D eigenvalue weighted by Crippen LogP contribution is -2.19. The summed E-state index contributed by atoms with van der Waals surface area (Å²) in [4.78, 5) is 17.4. The van der Waals surface area contributed by atoms with E-state index in [0.717, 1.165) is 16.0 Å². The van der Waals surface area contributed by atoms with E-state index < -0.39 is 0 Å². The van der Waals surface area contributed by atoms with Gasteiger partial charge >= 0.3 is 0 Å². The van der Waals surface area contributed by atoms with Crippen LogP contribution in [0.15, 0.2) is 47.5 Å². The molecule has 0 aliphatic rings. The number of benzene rings is 2. The molecule has 0 aliphatic carbocycles. The fourth-order valence-corrected chi connectivity index (χ4v) is 3.59. The van der Waals surface area contributed by atoms with Crippen molar-refractivity contribution in [3.8, 4) is 11.8 Å². The Hall–Kier alpha value is -2.95. The zero-order chi connectivity index (χ0) is 18.5. The fourth-order valence-electron chi connectivity index (χ4n) is 2.50. The third-order valence-corrected chi connectivity index (χ3v) is 4.91. The molecule has 0 bridgehead atoms. The highest BCUT2D eigenvalue weighted by atomic mass is 32.1. The zero-order valence-corrected chi connectivity index (χ0v) is 15.2. The number of carbonyl (C=O) groups is 1. The quantitative estimate of drug-likeness (QED) is 0.695. The Morgan fingerprint density at radius 2 is 2.00 bits per heavy atom. The number of aromatic nitrogens is 1. The molecular formula is C19H17N3O3S. The first kappa shape index (κ1) is 17.9. The van der Waals surface area contributed by atoms with E-state index in [1.165, 1.54) is 11.3 Å². The highest BCUT2D eigenvalue weighted by molar-refractivity contribution is 7.16. The van der Waals surface area contributed by atoms with Crippen LogP contribution in [0.1, 0.15) is 15.9 Å². The van der Waals surface area contributed by atoms with E-state index in [-0.39, 0.29) is 5.91 Å². The SMILES string of the molecule is COCCn1c(=NC(=O)c2ccc(C#N)cc2)sc2cc(OC)ccc21. The second kappa shape index (κ2) is 7.95. The lowest BCUT2D eigenvalue weighted by Gasteiger charge is -2.05. The van der Waals surface area contributed by atoms with Crippen molar-refractivity contribution < 1.29 is 14.3 Å². The molecular weight excluding hydrogens is 350 g/mol. The molecule has 132 valence electrons. The van der Waals surface area contributed by atoms with Crippen LogP contribution in [0.3, 0.4) is 0 Å². The number of hydrogen-bond acceptors (Lipinski definition) is 5. The Morgan fingerprint density at radius 1 is 1.23 bits per heavy atom. The number of ether oxygens (including phenoxy) is 2. The summed E-state index contributed by atoms with van der Waals surface area (Å²) in [7, 11) is 3.25. The van der Waals surface area contributed by atoms with Crippen LogP contribution in [0.2, 0.25) is 0 Å². The van der Waals surface area contributed by atoms with Gasteiger partial charge in [-0.3, -0.25) is 4.79 Å². The van der Waals surface area contributed by atoms with Crippen molar-refractivity contribution in [3.63, 3.8) is 0 Å². The summed E-state index contributed by atoms with van der Waals surface area (Å²) in [6.07, 6.45) is 0. The summed E-state index contributed by atoms with van der Waals surface area (Å²) in [6, 6.07) is 14.2. The van der Waals surface area contributed by atoms with Gasteiger partial charge in [-0.25, -0.2) is 0 Å². The third-order valence-electron chi connectivity index (χ3n) is 3.87. The number of methoxy groups -OCH3 is 2. The van der Waals surface area contributed by atoms with Crippen LogP contribution < -0.4 is 9.54 Å². The van der Waals surface area contributed by atoms with Crippen molar-refractivity contribution in [1.29, 1.82) is 5.26 Å². The van der Waals surface area contributed by atoms with Gasteiger partial charge in [0.2, 0.25) is 0 Å². The Labute approximate surface area is 154 Å².